The zero-order chi connectivity index (χ0) is 28.6. The minimum Gasteiger partial charge on any atom is -0.497 e. The number of nitrogens with zero attached hydrogens (tertiary/aromatic N) is 4. The van der Waals surface area contributed by atoms with E-state index in [1.165, 1.54) is 11.3 Å². The molecule has 1 atom stereocenters. The van der Waals surface area contributed by atoms with E-state index in [9.17, 15) is 10.1 Å². The van der Waals surface area contributed by atoms with Crippen molar-refractivity contribution in [2.75, 3.05) is 19.1 Å². The van der Waals surface area contributed by atoms with Crippen LogP contribution in [0.2, 0.25) is 5.02 Å². The van der Waals surface area contributed by atoms with Crippen molar-refractivity contribution >= 4 is 45.6 Å². The van der Waals surface area contributed by atoms with Crippen molar-refractivity contribution in [1.82, 2.24) is 10.2 Å². The van der Waals surface area contributed by atoms with Gasteiger partial charge in [-0.2, -0.15) is 5.26 Å². The second kappa shape index (κ2) is 11.2. The molecule has 0 saturated heterocycles. The van der Waals surface area contributed by atoms with Crippen LogP contribution in [0.5, 0.6) is 11.5 Å². The van der Waals surface area contributed by atoms with E-state index < -0.39 is 5.92 Å². The Bertz CT molecular complexity index is 1570. The smallest absolute Gasteiger partial charge is 0.219 e. The van der Waals surface area contributed by atoms with Gasteiger partial charge in [-0.1, -0.05) is 60.7 Å². The highest BCUT2D eigenvalue weighted by Crippen LogP contribution is 2.52. The number of allylic oxidation sites excluding steroid dienone is 3. The number of nitrogens with two attached hydrogens (primary N) is 1. The molecule has 2 aromatic carbocycles. The Morgan fingerprint density at radius 2 is 1.93 bits per heavy atom. The first kappa shape index (κ1) is 28.0. The van der Waals surface area contributed by atoms with Crippen LogP contribution in [0.3, 0.4) is 0 Å². The van der Waals surface area contributed by atoms with Gasteiger partial charge in [0.1, 0.15) is 17.3 Å². The van der Waals surface area contributed by atoms with Crippen LogP contribution in [-0.4, -0.2) is 30.2 Å². The second-order valence-corrected chi connectivity index (χ2v) is 13.0. The molecule has 206 valence electrons. The Balaban J connectivity index is 1.60. The first-order valence-electron chi connectivity index (χ1n) is 12.5. The highest BCUT2D eigenvalue weighted by atomic mass is 35.5. The monoisotopic (exact) mass is 593 g/mol. The molecule has 11 heteroatoms. The third-order valence-electron chi connectivity index (χ3n) is 6.99. The summed E-state index contributed by atoms with van der Waals surface area (Å²) >= 11 is 8.93. The summed E-state index contributed by atoms with van der Waals surface area (Å²) in [5.41, 5.74) is 9.74. The van der Waals surface area contributed by atoms with Gasteiger partial charge in [-0.05, 0) is 47.7 Å². The van der Waals surface area contributed by atoms with E-state index in [-0.39, 0.29) is 22.6 Å². The van der Waals surface area contributed by atoms with Crippen molar-refractivity contribution in [2.24, 2.45) is 11.1 Å². The van der Waals surface area contributed by atoms with E-state index in [4.69, 9.17) is 26.8 Å². The van der Waals surface area contributed by atoms with Crippen LogP contribution in [0.15, 0.2) is 69.5 Å². The predicted octanol–water partition coefficient (Wildman–Crippen LogP) is 6.44. The van der Waals surface area contributed by atoms with Gasteiger partial charge in [0.25, 0.3) is 0 Å². The summed E-state index contributed by atoms with van der Waals surface area (Å²) in [6, 6.07) is 15.3. The highest BCUT2D eigenvalue weighted by Gasteiger charge is 2.46. The van der Waals surface area contributed by atoms with Crippen LogP contribution in [0.25, 0.3) is 0 Å². The number of thioether (sulfide) groups is 1. The summed E-state index contributed by atoms with van der Waals surface area (Å²) in [4.78, 5) is 15.6. The van der Waals surface area contributed by atoms with Gasteiger partial charge in [-0.25, -0.2) is 0 Å². The molecule has 1 aliphatic carbocycles. The number of hydrogen-bond donors (Lipinski definition) is 1. The molecule has 0 bridgehead atoms. The number of halogens is 1. The molecular weight excluding hydrogens is 566 g/mol. The number of rotatable bonds is 7. The van der Waals surface area contributed by atoms with E-state index in [1.54, 1.807) is 49.1 Å². The summed E-state index contributed by atoms with van der Waals surface area (Å²) in [6.07, 6.45) is 0.919. The van der Waals surface area contributed by atoms with E-state index in [2.05, 4.69) is 30.1 Å². The molecule has 8 nitrogen and oxygen atoms in total. The predicted molar refractivity (Wildman–Crippen MR) is 158 cm³/mol. The normalized spacial score (nSPS) is 18.4. The second-order valence-electron chi connectivity index (χ2n) is 10.4. The number of ketones is 1. The third kappa shape index (κ3) is 5.29. The zero-order valence-corrected chi connectivity index (χ0v) is 24.9. The van der Waals surface area contributed by atoms with Crippen molar-refractivity contribution in [3.05, 3.63) is 81.3 Å². The van der Waals surface area contributed by atoms with Crippen LogP contribution >= 0.6 is 34.7 Å². The van der Waals surface area contributed by atoms with Crippen molar-refractivity contribution in [2.45, 2.75) is 42.7 Å². The summed E-state index contributed by atoms with van der Waals surface area (Å²) in [6.45, 7) is 4.11. The molecule has 2 aliphatic rings. The quantitative estimate of drug-likeness (QED) is 0.309. The van der Waals surface area contributed by atoms with Gasteiger partial charge in [-0.15, -0.1) is 10.2 Å². The Hall–Kier alpha value is -3.52. The number of carbonyl (C=O) groups excluding carboxylic acids is 1. The standard InChI is InChI=1S/C29H28ClN5O3S2/c1-29(2)12-21-25(22(36)13-29)24(19-11-18(37-3)9-10-23(19)38-4)20(14-31)26(32)35(21)27-33-34-28(40-27)39-15-16-5-7-17(30)8-6-16/h5-11,24H,12-13,15,32H2,1-4H3/t24-/m0/s1. The van der Waals surface area contributed by atoms with Crippen LogP contribution in [0.1, 0.15) is 43.7 Å². The average molecular weight is 594 g/mol. The van der Waals surface area contributed by atoms with Crippen LogP contribution in [-0.2, 0) is 10.5 Å². The first-order valence-corrected chi connectivity index (χ1v) is 14.7. The number of nitriles is 1. The zero-order valence-electron chi connectivity index (χ0n) is 22.5. The van der Waals surface area contributed by atoms with Crippen molar-refractivity contribution in [3.63, 3.8) is 0 Å². The Morgan fingerprint density at radius 1 is 1.18 bits per heavy atom. The maximum absolute atomic E-state index is 13.8. The highest BCUT2D eigenvalue weighted by molar-refractivity contribution is 8.00. The Morgan fingerprint density at radius 3 is 2.60 bits per heavy atom. The number of carbonyl (C=O) groups is 1. The van der Waals surface area contributed by atoms with Crippen molar-refractivity contribution in [3.8, 4) is 17.6 Å². The molecule has 1 aromatic heterocycles. The third-order valence-corrected chi connectivity index (χ3v) is 9.36. The van der Waals surface area contributed by atoms with E-state index in [0.717, 1.165) is 15.6 Å². The molecule has 5 rings (SSSR count). The summed E-state index contributed by atoms with van der Waals surface area (Å²) in [7, 11) is 3.13. The summed E-state index contributed by atoms with van der Waals surface area (Å²) in [5.74, 6) is 1.32. The van der Waals surface area contributed by atoms with Crippen LogP contribution in [0.4, 0.5) is 5.13 Å². The van der Waals surface area contributed by atoms with Gasteiger partial charge in [0.2, 0.25) is 5.13 Å². The lowest BCUT2D eigenvalue weighted by Gasteiger charge is -2.42. The van der Waals surface area contributed by atoms with Crippen molar-refractivity contribution < 1.29 is 14.3 Å². The molecule has 0 spiro atoms. The van der Waals surface area contributed by atoms with Gasteiger partial charge in [0, 0.05) is 34.0 Å². The fourth-order valence-corrected chi connectivity index (χ4v) is 7.14. The largest absolute Gasteiger partial charge is 0.497 e. The van der Waals surface area contributed by atoms with E-state index in [1.807, 2.05) is 24.3 Å². The number of hydrogen-bond acceptors (Lipinski definition) is 10. The summed E-state index contributed by atoms with van der Waals surface area (Å²) in [5, 5.41) is 20.4. The average Bonchev–Trinajstić information content (AvgIpc) is 3.39. The molecule has 1 aliphatic heterocycles. The van der Waals surface area contributed by atoms with Gasteiger partial charge in [-0.3, -0.25) is 9.69 Å². The maximum Gasteiger partial charge on any atom is 0.219 e. The van der Waals surface area contributed by atoms with Gasteiger partial charge in [0.15, 0.2) is 10.1 Å². The topological polar surface area (TPSA) is 114 Å². The molecule has 0 saturated carbocycles. The maximum atomic E-state index is 13.8. The molecule has 0 amide bonds. The molecule has 2 heterocycles. The number of Topliss-reactive ketones (excluding diaryl/α,β-unsaturated/α-hetero) is 1. The van der Waals surface area contributed by atoms with Gasteiger partial charge in [0.05, 0.1) is 31.8 Å². The van der Waals surface area contributed by atoms with Gasteiger partial charge < -0.3 is 15.2 Å². The lowest BCUT2D eigenvalue weighted by molar-refractivity contribution is -0.118. The number of aromatic nitrogens is 2. The lowest BCUT2D eigenvalue weighted by atomic mass is 9.68. The number of benzene rings is 2. The van der Waals surface area contributed by atoms with E-state index >= 15 is 0 Å². The molecule has 40 heavy (non-hydrogen) atoms. The minimum atomic E-state index is -0.698. The minimum absolute atomic E-state index is 0.0341. The van der Waals surface area contributed by atoms with Gasteiger partial charge >= 0.3 is 0 Å². The Kier molecular flexibility index (Phi) is 7.82. The van der Waals surface area contributed by atoms with E-state index in [0.29, 0.717) is 51.4 Å². The van der Waals surface area contributed by atoms with Crippen LogP contribution < -0.4 is 20.1 Å². The molecule has 2 N–H and O–H groups in total. The molecule has 0 unspecified atom stereocenters. The van der Waals surface area contributed by atoms with Crippen LogP contribution in [0, 0.1) is 16.7 Å². The lowest BCUT2D eigenvalue weighted by Crippen LogP contribution is -2.42. The molecule has 3 aromatic rings. The fourth-order valence-electron chi connectivity index (χ4n) is 5.18. The number of anilines is 1. The molecule has 0 radical (unpaired) electrons. The SMILES string of the molecule is COc1ccc(OC)c([C@H]2C(C#N)=C(N)N(c3nnc(SCc4ccc(Cl)cc4)s3)C3=C2C(=O)CC(C)(C)C3)c1. The van der Waals surface area contributed by atoms with Crippen molar-refractivity contribution in [1.29, 1.82) is 5.26 Å². The Labute approximate surface area is 246 Å². The number of ether oxygens (including phenoxy) is 2. The first-order chi connectivity index (χ1) is 19.2. The fraction of sp³-hybridized carbons (Fsp3) is 0.310. The summed E-state index contributed by atoms with van der Waals surface area (Å²) < 4.78 is 11.9. The molecule has 0 fully saturated rings. The number of methoxy groups -OCH3 is 2. The molecular formula is C29H28ClN5O3S2.